The summed E-state index contributed by atoms with van der Waals surface area (Å²) in [6, 6.07) is 10.0. The van der Waals surface area contributed by atoms with Gasteiger partial charge in [-0.25, -0.2) is 4.98 Å². The van der Waals surface area contributed by atoms with E-state index in [2.05, 4.69) is 22.4 Å². The van der Waals surface area contributed by atoms with Crippen LogP contribution in [0.25, 0.3) is 16.7 Å². The first-order valence-electron chi connectivity index (χ1n) is 9.13. The number of amides is 2. The van der Waals surface area contributed by atoms with Gasteiger partial charge in [-0.15, -0.1) is 0 Å². The summed E-state index contributed by atoms with van der Waals surface area (Å²) < 4.78 is 0. The summed E-state index contributed by atoms with van der Waals surface area (Å²) in [5.41, 5.74) is 10.9. The lowest BCUT2D eigenvalue weighted by atomic mass is 9.93. The molecule has 138 valence electrons. The molecule has 1 saturated heterocycles. The van der Waals surface area contributed by atoms with Gasteiger partial charge in [0.05, 0.1) is 6.04 Å². The van der Waals surface area contributed by atoms with Gasteiger partial charge in [0.15, 0.2) is 0 Å². The second kappa shape index (κ2) is 6.87. The first kappa shape index (κ1) is 17.3. The van der Waals surface area contributed by atoms with E-state index in [1.165, 1.54) is 5.57 Å². The molecule has 6 heteroatoms. The lowest BCUT2D eigenvalue weighted by Gasteiger charge is -2.33. The van der Waals surface area contributed by atoms with Crippen molar-refractivity contribution in [1.29, 1.82) is 0 Å². The highest BCUT2D eigenvalue weighted by atomic mass is 16.2. The molecule has 2 aliphatic rings. The van der Waals surface area contributed by atoms with Crippen LogP contribution in [0, 0.1) is 0 Å². The largest absolute Gasteiger partial charge is 0.383 e. The molecular formula is C21H22N4O2. The molecule has 0 aliphatic carbocycles. The fraction of sp³-hybridized carbons (Fsp3) is 0.286. The van der Waals surface area contributed by atoms with Crippen LogP contribution in [0.15, 0.2) is 42.6 Å². The monoisotopic (exact) mass is 362 g/mol. The maximum Gasteiger partial charge on any atom is 0.220 e. The first-order chi connectivity index (χ1) is 13.1. The summed E-state index contributed by atoms with van der Waals surface area (Å²) in [6.07, 6.45) is 7.59. The summed E-state index contributed by atoms with van der Waals surface area (Å²) in [7, 11) is 0. The van der Waals surface area contributed by atoms with Crippen LogP contribution < -0.4 is 11.1 Å². The van der Waals surface area contributed by atoms with Crippen LogP contribution in [0.2, 0.25) is 0 Å². The molecule has 3 heterocycles. The Morgan fingerprint density at radius 3 is 2.70 bits per heavy atom. The van der Waals surface area contributed by atoms with E-state index in [0.717, 1.165) is 41.6 Å². The smallest absolute Gasteiger partial charge is 0.220 e. The number of hydrogen-bond donors (Lipinski definition) is 2. The van der Waals surface area contributed by atoms with Gasteiger partial charge in [0.2, 0.25) is 12.3 Å². The molecule has 6 nitrogen and oxygen atoms in total. The first-order valence-corrected chi connectivity index (χ1v) is 9.13. The van der Waals surface area contributed by atoms with Crippen molar-refractivity contribution in [3.8, 4) is 11.1 Å². The van der Waals surface area contributed by atoms with Crippen LogP contribution in [-0.4, -0.2) is 34.3 Å². The van der Waals surface area contributed by atoms with E-state index in [1.807, 2.05) is 35.4 Å². The molecule has 2 bridgehead atoms. The fourth-order valence-electron chi connectivity index (χ4n) is 4.23. The number of nitrogens with two attached hydrogens (primary N) is 1. The second-order valence-electron chi connectivity index (χ2n) is 7.12. The third kappa shape index (κ3) is 3.18. The molecule has 2 aliphatic heterocycles. The maximum atomic E-state index is 11.9. The lowest BCUT2D eigenvalue weighted by Crippen LogP contribution is -2.41. The average molecular weight is 362 g/mol. The Labute approximate surface area is 158 Å². The van der Waals surface area contributed by atoms with Crippen LogP contribution in [-0.2, 0) is 9.59 Å². The van der Waals surface area contributed by atoms with Gasteiger partial charge >= 0.3 is 0 Å². The number of hydrogen-bond acceptors (Lipinski definition) is 4. The Morgan fingerprint density at radius 1 is 1.26 bits per heavy atom. The number of nitrogen functional groups attached to an aromatic ring is 1. The van der Waals surface area contributed by atoms with Gasteiger partial charge in [-0.2, -0.15) is 0 Å². The highest BCUT2D eigenvalue weighted by molar-refractivity contribution is 5.82. The van der Waals surface area contributed by atoms with E-state index in [0.29, 0.717) is 12.2 Å². The number of aromatic nitrogens is 1. The number of nitrogens with zero attached hydrogens (tertiary/aromatic N) is 2. The van der Waals surface area contributed by atoms with E-state index in [4.69, 9.17) is 5.73 Å². The van der Waals surface area contributed by atoms with Gasteiger partial charge in [0.25, 0.3) is 0 Å². The predicted molar refractivity (Wildman–Crippen MR) is 106 cm³/mol. The van der Waals surface area contributed by atoms with Crippen LogP contribution in [0.4, 0.5) is 11.5 Å². The molecule has 2 aromatic rings. The Bertz CT molecular complexity index is 920. The molecule has 1 aromatic heterocycles. The number of pyridine rings is 1. The van der Waals surface area contributed by atoms with E-state index < -0.39 is 0 Å². The molecule has 1 aromatic carbocycles. The highest BCUT2D eigenvalue weighted by Gasteiger charge is 2.38. The molecule has 0 saturated carbocycles. The predicted octanol–water partition coefficient (Wildman–Crippen LogP) is 3.07. The van der Waals surface area contributed by atoms with Crippen molar-refractivity contribution >= 4 is 29.4 Å². The summed E-state index contributed by atoms with van der Waals surface area (Å²) in [5, 5.41) is 2.63. The number of carbonyl (C=O) groups excluding carboxylic acids is 2. The zero-order chi connectivity index (χ0) is 19.0. The number of carbonyl (C=O) groups is 2. The summed E-state index contributed by atoms with van der Waals surface area (Å²) in [6.45, 7) is 1.65. The Hall–Kier alpha value is -3.15. The minimum absolute atomic E-state index is 0.151. The summed E-state index contributed by atoms with van der Waals surface area (Å²) in [4.78, 5) is 28.9. The average Bonchev–Trinajstić information content (AvgIpc) is 2.94. The van der Waals surface area contributed by atoms with Crippen molar-refractivity contribution in [2.24, 2.45) is 0 Å². The standard InChI is InChI=1S/C21H22N4O2/c1-13(27)25-18-6-7-19(25)9-15(8-18)16-10-20(21(22)23-11-16)14-2-4-17(5-3-14)24-12-26/h2-5,8,10-12,18-19H,6-7,9H2,1H3,(H2,22,23)(H,24,26). The molecule has 2 amide bonds. The quantitative estimate of drug-likeness (QED) is 0.818. The Morgan fingerprint density at radius 2 is 2.04 bits per heavy atom. The molecule has 27 heavy (non-hydrogen) atoms. The zero-order valence-electron chi connectivity index (χ0n) is 15.2. The summed E-state index contributed by atoms with van der Waals surface area (Å²) in [5.74, 6) is 0.623. The van der Waals surface area contributed by atoms with Crippen molar-refractivity contribution in [2.75, 3.05) is 11.1 Å². The number of nitrogens with one attached hydrogen (secondary N) is 1. The zero-order valence-corrected chi connectivity index (χ0v) is 15.2. The molecular weight excluding hydrogens is 340 g/mol. The van der Waals surface area contributed by atoms with E-state index >= 15 is 0 Å². The number of benzene rings is 1. The van der Waals surface area contributed by atoms with Gasteiger partial charge in [-0.1, -0.05) is 18.2 Å². The number of anilines is 2. The van der Waals surface area contributed by atoms with Crippen molar-refractivity contribution in [3.05, 3.63) is 48.2 Å². The molecule has 4 rings (SSSR count). The van der Waals surface area contributed by atoms with Crippen LogP contribution in [0.5, 0.6) is 0 Å². The molecule has 1 fully saturated rings. The minimum atomic E-state index is 0.151. The highest BCUT2D eigenvalue weighted by Crippen LogP contribution is 2.39. The van der Waals surface area contributed by atoms with Crippen molar-refractivity contribution in [3.63, 3.8) is 0 Å². The Kier molecular flexibility index (Phi) is 4.39. The van der Waals surface area contributed by atoms with Gasteiger partial charge in [0, 0.05) is 30.4 Å². The third-order valence-electron chi connectivity index (χ3n) is 5.47. The lowest BCUT2D eigenvalue weighted by molar-refractivity contribution is -0.131. The SMILES string of the molecule is CC(=O)N1C2C=C(c3cnc(N)c(-c4ccc(NC=O)cc4)c3)CC1CC2. The van der Waals surface area contributed by atoms with Gasteiger partial charge < -0.3 is 16.0 Å². The normalized spacial score (nSPS) is 20.9. The number of fused-ring (bicyclic) bond motifs is 2. The fourth-order valence-corrected chi connectivity index (χ4v) is 4.23. The molecule has 3 N–H and O–H groups in total. The third-order valence-corrected chi connectivity index (χ3v) is 5.47. The van der Waals surface area contributed by atoms with Crippen LogP contribution >= 0.6 is 0 Å². The Balaban J connectivity index is 1.66. The molecule has 0 radical (unpaired) electrons. The van der Waals surface area contributed by atoms with Gasteiger partial charge in [-0.3, -0.25) is 9.59 Å². The van der Waals surface area contributed by atoms with Gasteiger partial charge in [-0.05, 0) is 54.2 Å². The summed E-state index contributed by atoms with van der Waals surface area (Å²) >= 11 is 0. The van der Waals surface area contributed by atoms with Crippen molar-refractivity contribution in [1.82, 2.24) is 9.88 Å². The maximum absolute atomic E-state index is 11.9. The van der Waals surface area contributed by atoms with E-state index in [-0.39, 0.29) is 18.0 Å². The van der Waals surface area contributed by atoms with E-state index in [9.17, 15) is 9.59 Å². The molecule has 2 unspecified atom stereocenters. The molecule has 2 atom stereocenters. The van der Waals surface area contributed by atoms with Crippen molar-refractivity contribution < 1.29 is 9.59 Å². The van der Waals surface area contributed by atoms with Crippen LogP contribution in [0.3, 0.4) is 0 Å². The van der Waals surface area contributed by atoms with Crippen molar-refractivity contribution in [2.45, 2.75) is 38.3 Å². The van der Waals surface area contributed by atoms with Crippen LogP contribution in [0.1, 0.15) is 31.7 Å². The van der Waals surface area contributed by atoms with Gasteiger partial charge in [0.1, 0.15) is 5.82 Å². The second-order valence-corrected chi connectivity index (χ2v) is 7.12. The molecule has 0 spiro atoms. The minimum Gasteiger partial charge on any atom is -0.383 e. The van der Waals surface area contributed by atoms with E-state index in [1.54, 1.807) is 6.92 Å². The number of rotatable bonds is 4. The topological polar surface area (TPSA) is 88.3 Å².